The first-order valence-electron chi connectivity index (χ1n) is 31.7. The third kappa shape index (κ3) is 18.6. The van der Waals surface area contributed by atoms with Crippen LogP contribution in [-0.4, -0.2) is 207 Å². The Kier molecular flexibility index (Phi) is 24.6. The van der Waals surface area contributed by atoms with Gasteiger partial charge in [-0.2, -0.15) is 10.5 Å². The zero-order valence-corrected chi connectivity index (χ0v) is 54.6. The van der Waals surface area contributed by atoms with Crippen LogP contribution >= 0.6 is 35.1 Å². The van der Waals surface area contributed by atoms with E-state index in [0.29, 0.717) is 136 Å². The van der Waals surface area contributed by atoms with Gasteiger partial charge in [0.25, 0.3) is 0 Å². The highest BCUT2D eigenvalue weighted by atomic mass is 35.5. The van der Waals surface area contributed by atoms with Gasteiger partial charge < -0.3 is 50.8 Å². The second-order valence-electron chi connectivity index (χ2n) is 24.2. The van der Waals surface area contributed by atoms with Crippen molar-refractivity contribution >= 4 is 57.2 Å². The highest BCUT2D eigenvalue weighted by molar-refractivity contribution is 7.97. The minimum Gasteiger partial charge on any atom is -0.484 e. The van der Waals surface area contributed by atoms with E-state index in [9.17, 15) is 28.5 Å². The molecule has 0 unspecified atom stereocenters. The largest absolute Gasteiger partial charge is 0.484 e. The summed E-state index contributed by atoms with van der Waals surface area (Å²) in [7, 11) is -3.80. The number of benzene rings is 4. The van der Waals surface area contributed by atoms with Gasteiger partial charge in [0, 0.05) is 131 Å². The number of carbonyl (C=O) groups excluding carboxylic acids is 2. The Balaban J connectivity index is 0.515. The van der Waals surface area contributed by atoms with Crippen molar-refractivity contribution in [2.45, 2.75) is 111 Å². The fraction of sp³-hybridized carbons (Fsp3) is 0.562. The van der Waals surface area contributed by atoms with E-state index in [-0.39, 0.29) is 47.3 Å². The van der Waals surface area contributed by atoms with E-state index in [1.165, 1.54) is 0 Å². The van der Waals surface area contributed by atoms with Gasteiger partial charge in [-0.15, -0.1) is 0 Å². The molecule has 4 fully saturated rings. The third-order valence-electron chi connectivity index (χ3n) is 17.7. The summed E-state index contributed by atoms with van der Waals surface area (Å²) in [6, 6.07) is 27.1. The number of urea groups is 2. The molecule has 22 nitrogen and oxygen atoms in total. The number of nitrogens with one attached hydrogen (secondary N) is 8. The minimum absolute atomic E-state index is 0.00364. The highest BCUT2D eigenvalue weighted by Gasteiger charge is 2.43. The number of rotatable bonds is 29. The summed E-state index contributed by atoms with van der Waals surface area (Å²) in [6.45, 7) is 17.8. The maximum absolute atomic E-state index is 13.5. The Morgan fingerprint density at radius 2 is 1.09 bits per heavy atom. The second-order valence-corrected chi connectivity index (χ2v) is 27.7. The zero-order chi connectivity index (χ0) is 63.0. The fourth-order valence-electron chi connectivity index (χ4n) is 13.1. The van der Waals surface area contributed by atoms with E-state index >= 15 is 0 Å². The van der Waals surface area contributed by atoms with Crippen LogP contribution in [0.15, 0.2) is 82.6 Å². The van der Waals surface area contributed by atoms with Crippen molar-refractivity contribution < 1.29 is 37.0 Å². The van der Waals surface area contributed by atoms with Crippen molar-refractivity contribution in [3.63, 3.8) is 0 Å². The Bertz CT molecular complexity index is 3250. The summed E-state index contributed by atoms with van der Waals surface area (Å²) in [5.74, 6) is 1.32. The van der Waals surface area contributed by atoms with Crippen LogP contribution in [0.5, 0.6) is 11.5 Å². The maximum atomic E-state index is 13.5. The lowest BCUT2D eigenvalue weighted by Crippen LogP contribution is -2.54. The Morgan fingerprint density at radius 3 is 1.58 bits per heavy atom. The van der Waals surface area contributed by atoms with Crippen LogP contribution in [0.3, 0.4) is 0 Å². The molecule has 4 heterocycles. The van der Waals surface area contributed by atoms with E-state index in [4.69, 9.17) is 42.1 Å². The number of piperazine rings is 2. The molecule has 0 bridgehead atoms. The van der Waals surface area contributed by atoms with Gasteiger partial charge >= 0.3 is 12.1 Å². The first-order chi connectivity index (χ1) is 43.7. The van der Waals surface area contributed by atoms with Crippen LogP contribution in [0.4, 0.5) is 9.59 Å². The summed E-state index contributed by atoms with van der Waals surface area (Å²) in [5.41, 5.74) is 5.06. The topological polar surface area (TPSA) is 262 Å². The van der Waals surface area contributed by atoms with Crippen molar-refractivity contribution in [3.8, 4) is 23.6 Å². The molecule has 90 heavy (non-hydrogen) atoms. The molecule has 2 aliphatic carbocycles. The summed E-state index contributed by atoms with van der Waals surface area (Å²) >= 11 is 14.6. The molecule has 4 aromatic carbocycles. The number of nitriles is 2. The molecule has 26 heteroatoms. The van der Waals surface area contributed by atoms with Gasteiger partial charge in [0.15, 0.2) is 0 Å². The molecule has 8 N–H and O–H groups in total. The quantitative estimate of drug-likeness (QED) is 0.0245. The number of carbonyl (C=O) groups is 2. The van der Waals surface area contributed by atoms with Crippen LogP contribution in [0.2, 0.25) is 10.0 Å². The number of sulfonamides is 1. The lowest BCUT2D eigenvalue weighted by molar-refractivity contribution is 0.0594. The molecule has 0 spiro atoms. The third-order valence-corrected chi connectivity index (χ3v) is 20.6. The lowest BCUT2D eigenvalue weighted by atomic mass is 10.0. The number of amides is 4. The average molecular weight is 1310 g/mol. The van der Waals surface area contributed by atoms with E-state index in [1.54, 1.807) is 48.3 Å². The van der Waals surface area contributed by atoms with Crippen LogP contribution < -0.4 is 50.8 Å². The van der Waals surface area contributed by atoms with Crippen molar-refractivity contribution in [2.24, 2.45) is 0 Å². The first kappa shape index (κ1) is 67.4. The van der Waals surface area contributed by atoms with E-state index < -0.39 is 10.0 Å². The van der Waals surface area contributed by atoms with E-state index in [1.807, 2.05) is 24.3 Å². The van der Waals surface area contributed by atoms with Gasteiger partial charge in [-0.25, -0.2) is 22.7 Å². The first-order valence-corrected chi connectivity index (χ1v) is 34.8. The number of hydrogen-bond donors (Lipinski definition) is 8. The molecule has 10 rings (SSSR count). The van der Waals surface area contributed by atoms with Gasteiger partial charge in [-0.1, -0.05) is 23.2 Å². The molecule has 0 aromatic heterocycles. The van der Waals surface area contributed by atoms with Crippen molar-refractivity contribution in [1.29, 1.82) is 10.5 Å². The minimum atomic E-state index is -3.80. The molecule has 8 atom stereocenters. The highest BCUT2D eigenvalue weighted by Crippen LogP contribution is 2.43. The van der Waals surface area contributed by atoms with E-state index in [2.05, 4.69) is 99.1 Å². The molecule has 486 valence electrons. The predicted molar refractivity (Wildman–Crippen MR) is 348 cm³/mol. The average Bonchev–Trinajstić information content (AvgIpc) is 1.71. The van der Waals surface area contributed by atoms with Crippen molar-refractivity contribution in [1.82, 2.24) is 60.9 Å². The SMILES string of the molecule is C[C@H]1CN([C@H]2Cc3c(C#N)cc(Cl)cc3[C@@H]2Oc2ccc(SN[C@H]3CCN(CCOCCNC(=O)NCCCCNC(=O)NCCOCCN4CC[C@H](NS(=O)(=O)c5ccc(O[C@H]6c7cc(Cl)cc(C#N)c7C[C@@H]6N6CCN[C@@H](C)C6)cc5)C4)C3)cc2)CCN1. The zero-order valence-electron chi connectivity index (χ0n) is 51.5. The summed E-state index contributed by atoms with van der Waals surface area (Å²) < 4.78 is 58.5. The number of likely N-dealkylation sites (tertiary alicyclic amines) is 2. The number of halogens is 2. The number of ether oxygens (including phenoxy) is 4. The molecule has 4 aromatic rings. The molecule has 0 saturated carbocycles. The monoisotopic (exact) mass is 1310 g/mol. The molecular formula is C64H86Cl2N14O8S2. The van der Waals surface area contributed by atoms with Gasteiger partial charge in [-0.05, 0) is 172 Å². The molecular weight excluding hydrogens is 1230 g/mol. The summed E-state index contributed by atoms with van der Waals surface area (Å²) in [5, 5.41) is 39.2. The molecule has 0 radical (unpaired) electrons. The molecule has 4 aliphatic heterocycles. The normalized spacial score (nSPS) is 23.8. The number of fused-ring (bicyclic) bond motifs is 2. The predicted octanol–water partition coefficient (Wildman–Crippen LogP) is 5.55. The molecule has 4 saturated heterocycles. The van der Waals surface area contributed by atoms with E-state index in [0.717, 1.165) is 111 Å². The van der Waals surface area contributed by atoms with Crippen LogP contribution in [0, 0.1) is 22.7 Å². The van der Waals surface area contributed by atoms with Crippen molar-refractivity contribution in [2.75, 3.05) is 131 Å². The fourth-order valence-corrected chi connectivity index (χ4v) is 15.6. The maximum Gasteiger partial charge on any atom is 0.314 e. The van der Waals surface area contributed by atoms with Crippen LogP contribution in [0.1, 0.15) is 85.1 Å². The smallest absolute Gasteiger partial charge is 0.314 e. The second kappa shape index (κ2) is 32.9. The number of nitrogens with zero attached hydrogens (tertiary/aromatic N) is 6. The van der Waals surface area contributed by atoms with Gasteiger partial charge in [0.05, 0.1) is 66.7 Å². The Morgan fingerprint density at radius 1 is 0.622 bits per heavy atom. The number of unbranched alkanes of at least 4 members (excludes halogenated alkanes) is 1. The number of hydrogen-bond acceptors (Lipinski definition) is 18. The Hall–Kier alpha value is -5.52. The molecule has 6 aliphatic rings. The standard InChI is InChI=1S/C64H86Cl2N14O8S2/c1-43-39-79(23-17-69-43)59-35-55-45(37-67)31-47(65)33-57(55)61(59)87-51-5-9-53(10-6-51)89-75-49-13-21-77(41-49)25-29-85-27-19-73-63(81)71-15-3-4-16-72-64(82)74-20-28-86-30-26-78-22-14-50(42-78)76-90(83,84)54-11-7-52(8-12-54)88-62-58-34-48(66)32-46(38-68)56(58)36-60(62)80-24-18-70-44(2)40-80/h5-12,31-34,43-44,49-50,59-62,69-70,75-76H,3-4,13-30,35-36,39-42H2,1-2H3,(H2,71,73,81)(H2,72,74,82)/t43-,44-,49-,50-,59-,60-,61-,62-/m0/s1. The summed E-state index contributed by atoms with van der Waals surface area (Å²) in [4.78, 5) is 35.3. The lowest BCUT2D eigenvalue weighted by Gasteiger charge is -2.38. The summed E-state index contributed by atoms with van der Waals surface area (Å²) in [6.07, 6.45) is 3.92. The van der Waals surface area contributed by atoms with Gasteiger partial charge in [0.1, 0.15) is 23.7 Å². The Labute approximate surface area is 544 Å². The van der Waals surface area contributed by atoms with Gasteiger partial charge in [0.2, 0.25) is 10.0 Å². The van der Waals surface area contributed by atoms with Crippen LogP contribution in [-0.2, 0) is 32.3 Å². The van der Waals surface area contributed by atoms with Crippen LogP contribution in [0.25, 0.3) is 0 Å². The van der Waals surface area contributed by atoms with Crippen molar-refractivity contribution in [3.05, 3.63) is 116 Å². The molecule has 4 amide bonds. The van der Waals surface area contributed by atoms with Gasteiger partial charge in [-0.3, -0.25) is 24.3 Å².